The van der Waals surface area contributed by atoms with Gasteiger partial charge in [0.2, 0.25) is 0 Å². The third-order valence-electron chi connectivity index (χ3n) is 3.35. The van der Waals surface area contributed by atoms with Crippen LogP contribution in [0.25, 0.3) is 0 Å². The lowest BCUT2D eigenvalue weighted by atomic mass is 9.73. The van der Waals surface area contributed by atoms with Crippen molar-refractivity contribution in [2.24, 2.45) is 5.41 Å². The lowest BCUT2D eigenvalue weighted by molar-refractivity contribution is 0.571. The molecule has 0 N–H and O–H groups in total. The molecule has 0 saturated heterocycles. The Labute approximate surface area is 117 Å². The first-order valence-electron chi connectivity index (χ1n) is 7.13. The molecule has 3 heteroatoms. The third kappa shape index (κ3) is 2.73. The van der Waals surface area contributed by atoms with E-state index in [1.165, 1.54) is 11.4 Å². The number of nitrogens with zero attached hydrogens (tertiary/aromatic N) is 2. The summed E-state index contributed by atoms with van der Waals surface area (Å²) >= 11 is 0. The molecule has 1 aliphatic rings. The minimum Gasteiger partial charge on any atom is -0.384 e. The molecule has 1 aromatic rings. The van der Waals surface area contributed by atoms with Crippen LogP contribution in [0.15, 0.2) is 24.3 Å². The molecule has 0 amide bonds. The Bertz CT molecular complexity index is 476. The summed E-state index contributed by atoms with van der Waals surface area (Å²) in [5, 5.41) is 0. The average Bonchev–Trinajstić information content (AvgIpc) is 2.68. The van der Waals surface area contributed by atoms with Crippen LogP contribution in [0.3, 0.4) is 0 Å². The van der Waals surface area contributed by atoms with Gasteiger partial charge in [-0.05, 0) is 46.8 Å². The zero-order chi connectivity index (χ0) is 14.0. The van der Waals surface area contributed by atoms with Gasteiger partial charge in [0.25, 0.3) is 0 Å². The number of fused-ring (bicyclic) bond motifs is 1. The van der Waals surface area contributed by atoms with Gasteiger partial charge in [-0.15, -0.1) is 5.92 Å². The number of para-hydroxylation sites is 2. The van der Waals surface area contributed by atoms with Crippen molar-refractivity contribution in [1.82, 2.24) is 0 Å². The molecule has 1 aliphatic heterocycles. The van der Waals surface area contributed by atoms with E-state index in [0.717, 1.165) is 13.1 Å². The molecule has 0 unspecified atom stereocenters. The SMILES string of the molecule is CCN1B(C#CC(C)(C)C)N(CC)c2ccccc21. The van der Waals surface area contributed by atoms with E-state index in [1.807, 2.05) is 0 Å². The topological polar surface area (TPSA) is 6.48 Å². The van der Waals surface area contributed by atoms with Crippen molar-refractivity contribution in [3.63, 3.8) is 0 Å². The summed E-state index contributed by atoms with van der Waals surface area (Å²) in [5.74, 6) is 6.87. The molecule has 19 heavy (non-hydrogen) atoms. The maximum atomic E-state index is 3.47. The fourth-order valence-electron chi connectivity index (χ4n) is 2.51. The Morgan fingerprint density at radius 2 is 1.47 bits per heavy atom. The zero-order valence-corrected chi connectivity index (χ0v) is 12.7. The van der Waals surface area contributed by atoms with Crippen LogP contribution >= 0.6 is 0 Å². The van der Waals surface area contributed by atoms with Gasteiger partial charge in [-0.3, -0.25) is 0 Å². The third-order valence-corrected chi connectivity index (χ3v) is 3.35. The molecule has 100 valence electrons. The van der Waals surface area contributed by atoms with Crippen LogP contribution in [0, 0.1) is 17.2 Å². The Balaban J connectivity index is 2.41. The molecule has 0 bridgehead atoms. The van der Waals surface area contributed by atoms with Crippen LogP contribution < -0.4 is 9.62 Å². The van der Waals surface area contributed by atoms with Crippen LogP contribution in [0.5, 0.6) is 0 Å². The molecule has 0 fully saturated rings. The highest BCUT2D eigenvalue weighted by atomic mass is 15.3. The molecule has 0 radical (unpaired) electrons. The highest BCUT2D eigenvalue weighted by Gasteiger charge is 2.37. The maximum absolute atomic E-state index is 3.47. The van der Waals surface area contributed by atoms with E-state index in [2.05, 4.69) is 80.2 Å². The Hall–Kier alpha value is -1.56. The monoisotopic (exact) mass is 254 g/mol. The Kier molecular flexibility index (Phi) is 3.80. The summed E-state index contributed by atoms with van der Waals surface area (Å²) in [6, 6.07) is 8.60. The van der Waals surface area contributed by atoms with Gasteiger partial charge in [0.05, 0.1) is 0 Å². The maximum Gasteiger partial charge on any atom is 0.465 e. The molecule has 0 aromatic heterocycles. The largest absolute Gasteiger partial charge is 0.465 e. The number of rotatable bonds is 2. The molecule has 1 heterocycles. The molecule has 0 aliphatic carbocycles. The summed E-state index contributed by atoms with van der Waals surface area (Å²) in [6.07, 6.45) is 0. The van der Waals surface area contributed by atoms with Gasteiger partial charge in [-0.2, -0.15) is 0 Å². The van der Waals surface area contributed by atoms with Crippen molar-refractivity contribution in [1.29, 1.82) is 0 Å². The van der Waals surface area contributed by atoms with Crippen molar-refractivity contribution in [3.8, 4) is 11.7 Å². The summed E-state index contributed by atoms with van der Waals surface area (Å²) in [5.41, 5.74) is 2.66. The van der Waals surface area contributed by atoms with Crippen LogP contribution in [-0.4, -0.2) is 20.1 Å². The van der Waals surface area contributed by atoms with Crippen LogP contribution in [0.4, 0.5) is 11.4 Å². The highest BCUT2D eigenvalue weighted by Crippen LogP contribution is 2.37. The minimum atomic E-state index is 0.0492. The van der Waals surface area contributed by atoms with Crippen molar-refractivity contribution >= 4 is 18.4 Å². The van der Waals surface area contributed by atoms with E-state index in [4.69, 9.17) is 0 Å². The van der Waals surface area contributed by atoms with Crippen LogP contribution in [0.2, 0.25) is 0 Å². The van der Waals surface area contributed by atoms with E-state index in [9.17, 15) is 0 Å². The summed E-state index contributed by atoms with van der Waals surface area (Å²) < 4.78 is 0. The van der Waals surface area contributed by atoms with Gasteiger partial charge >= 0.3 is 6.98 Å². The predicted octanol–water partition coefficient (Wildman–Crippen LogP) is 3.43. The van der Waals surface area contributed by atoms with Gasteiger partial charge < -0.3 is 9.62 Å². The predicted molar refractivity (Wildman–Crippen MR) is 85.5 cm³/mol. The normalized spacial score (nSPS) is 14.3. The lowest BCUT2D eigenvalue weighted by Gasteiger charge is -2.24. The van der Waals surface area contributed by atoms with E-state index in [0.29, 0.717) is 0 Å². The molecular formula is C16H23BN2. The number of hydrogen-bond acceptors (Lipinski definition) is 2. The first-order valence-corrected chi connectivity index (χ1v) is 7.13. The minimum absolute atomic E-state index is 0.0492. The second-order valence-corrected chi connectivity index (χ2v) is 5.95. The van der Waals surface area contributed by atoms with Crippen molar-refractivity contribution in [2.75, 3.05) is 22.7 Å². The van der Waals surface area contributed by atoms with Crippen molar-refractivity contribution in [3.05, 3.63) is 24.3 Å². The Morgan fingerprint density at radius 3 is 1.84 bits per heavy atom. The Morgan fingerprint density at radius 1 is 1.00 bits per heavy atom. The molecule has 2 rings (SSSR count). The van der Waals surface area contributed by atoms with E-state index in [-0.39, 0.29) is 12.4 Å². The highest BCUT2D eigenvalue weighted by molar-refractivity contribution is 6.77. The standard InChI is InChI=1S/C16H23BN2/c1-6-18-14-10-8-9-11-15(14)19(7-2)17(18)13-12-16(3,4)5/h8-11H,6-7H2,1-5H3. The van der Waals surface area contributed by atoms with Gasteiger partial charge in [0, 0.05) is 29.9 Å². The fraction of sp³-hybridized carbons (Fsp3) is 0.500. The molecular weight excluding hydrogens is 231 g/mol. The van der Waals surface area contributed by atoms with Crippen LogP contribution in [-0.2, 0) is 0 Å². The molecule has 0 spiro atoms. The fourth-order valence-corrected chi connectivity index (χ4v) is 2.51. The smallest absolute Gasteiger partial charge is 0.384 e. The van der Waals surface area contributed by atoms with E-state index in [1.54, 1.807) is 0 Å². The van der Waals surface area contributed by atoms with Crippen LogP contribution in [0.1, 0.15) is 34.6 Å². The summed E-state index contributed by atoms with van der Waals surface area (Å²) in [7, 11) is 0. The van der Waals surface area contributed by atoms with Gasteiger partial charge in [-0.1, -0.05) is 18.0 Å². The number of anilines is 2. The number of hydrogen-bond donors (Lipinski definition) is 0. The second-order valence-electron chi connectivity index (χ2n) is 5.95. The lowest BCUT2D eigenvalue weighted by Crippen LogP contribution is -2.47. The van der Waals surface area contributed by atoms with E-state index < -0.39 is 0 Å². The molecule has 1 aromatic carbocycles. The average molecular weight is 254 g/mol. The molecule has 0 saturated carbocycles. The first kappa shape index (κ1) is 13.9. The zero-order valence-electron chi connectivity index (χ0n) is 12.7. The number of benzene rings is 1. The molecule has 2 nitrogen and oxygen atoms in total. The van der Waals surface area contributed by atoms with Gasteiger partial charge in [-0.25, -0.2) is 0 Å². The summed E-state index contributed by atoms with van der Waals surface area (Å²) in [4.78, 5) is 4.77. The summed E-state index contributed by atoms with van der Waals surface area (Å²) in [6.45, 7) is 13.0. The quantitative estimate of drug-likeness (QED) is 0.589. The second kappa shape index (κ2) is 5.21. The van der Waals surface area contributed by atoms with Gasteiger partial charge in [0.15, 0.2) is 0 Å². The van der Waals surface area contributed by atoms with Crippen molar-refractivity contribution < 1.29 is 0 Å². The van der Waals surface area contributed by atoms with E-state index >= 15 is 0 Å². The molecule has 0 atom stereocenters. The van der Waals surface area contributed by atoms with Gasteiger partial charge in [0.1, 0.15) is 0 Å². The first-order chi connectivity index (χ1) is 8.98. The van der Waals surface area contributed by atoms with Crippen molar-refractivity contribution in [2.45, 2.75) is 34.6 Å².